The van der Waals surface area contributed by atoms with Crippen LogP contribution in [0.2, 0.25) is 0 Å². The van der Waals surface area contributed by atoms with Crippen LogP contribution < -0.4 is 15.5 Å². The Kier molecular flexibility index (Phi) is 6.30. The quantitative estimate of drug-likeness (QED) is 0.751. The largest absolute Gasteiger partial charge is 0.387 e. The maximum absolute atomic E-state index is 13.9. The van der Waals surface area contributed by atoms with E-state index in [2.05, 4.69) is 10.6 Å². The summed E-state index contributed by atoms with van der Waals surface area (Å²) < 4.78 is 26.7. The molecule has 0 fully saturated rings. The second kappa shape index (κ2) is 8.43. The van der Waals surface area contributed by atoms with Gasteiger partial charge >= 0.3 is 6.03 Å². The number of anilines is 1. The highest BCUT2D eigenvalue weighted by Crippen LogP contribution is 2.18. The van der Waals surface area contributed by atoms with Crippen molar-refractivity contribution in [3.05, 3.63) is 65.2 Å². The van der Waals surface area contributed by atoms with E-state index in [1.165, 1.54) is 30.3 Å². The van der Waals surface area contributed by atoms with Crippen molar-refractivity contribution in [2.45, 2.75) is 12.6 Å². The lowest BCUT2D eigenvalue weighted by atomic mass is 10.1. The monoisotopic (exact) mass is 349 g/mol. The minimum absolute atomic E-state index is 0.0224. The first-order valence-corrected chi connectivity index (χ1v) is 7.78. The molecule has 2 aromatic rings. The molecule has 3 N–H and O–H groups in total. The molecule has 0 spiro atoms. The average Bonchev–Trinajstić information content (AvgIpc) is 2.58. The third-order valence-electron chi connectivity index (χ3n) is 3.66. The van der Waals surface area contributed by atoms with Crippen molar-refractivity contribution in [1.82, 2.24) is 10.6 Å². The Hall–Kier alpha value is -2.67. The molecule has 0 saturated heterocycles. The molecular weight excluding hydrogens is 328 g/mol. The minimum Gasteiger partial charge on any atom is -0.387 e. The number of nitrogens with zero attached hydrogens (tertiary/aromatic N) is 1. The van der Waals surface area contributed by atoms with Crippen molar-refractivity contribution >= 4 is 11.7 Å². The first kappa shape index (κ1) is 18.7. The Balaban J connectivity index is 1.80. The van der Waals surface area contributed by atoms with Crippen molar-refractivity contribution in [1.29, 1.82) is 0 Å². The lowest BCUT2D eigenvalue weighted by Gasteiger charge is -2.15. The molecular formula is C18H21F2N3O2. The number of urea groups is 1. The Labute approximate surface area is 145 Å². The summed E-state index contributed by atoms with van der Waals surface area (Å²) in [5, 5.41) is 15.0. The summed E-state index contributed by atoms with van der Waals surface area (Å²) in [7, 11) is 3.49. The van der Waals surface area contributed by atoms with E-state index < -0.39 is 18.0 Å². The first-order valence-electron chi connectivity index (χ1n) is 7.78. The Morgan fingerprint density at radius 1 is 1.12 bits per heavy atom. The lowest BCUT2D eigenvalue weighted by molar-refractivity contribution is 0.173. The van der Waals surface area contributed by atoms with Gasteiger partial charge in [0.2, 0.25) is 0 Å². The summed E-state index contributed by atoms with van der Waals surface area (Å²) in [6.07, 6.45) is -0.942. The third kappa shape index (κ3) is 5.42. The second-order valence-corrected chi connectivity index (χ2v) is 5.81. The highest BCUT2D eigenvalue weighted by atomic mass is 19.1. The number of aliphatic hydroxyl groups is 1. The number of hydrogen-bond acceptors (Lipinski definition) is 3. The molecule has 25 heavy (non-hydrogen) atoms. The summed E-state index contributed by atoms with van der Waals surface area (Å²) in [4.78, 5) is 13.4. The van der Waals surface area contributed by atoms with E-state index in [0.29, 0.717) is 16.8 Å². The molecule has 0 aliphatic carbocycles. The molecule has 5 nitrogen and oxygen atoms in total. The molecule has 0 bridgehead atoms. The molecule has 0 aromatic heterocycles. The lowest BCUT2D eigenvalue weighted by Crippen LogP contribution is -2.37. The number of carbonyl (C=O) groups excluding carboxylic acids is 1. The van der Waals surface area contributed by atoms with Crippen LogP contribution in [-0.2, 0) is 6.54 Å². The molecule has 1 unspecified atom stereocenters. The zero-order valence-electron chi connectivity index (χ0n) is 14.1. The van der Waals surface area contributed by atoms with Gasteiger partial charge in [-0.3, -0.25) is 0 Å². The number of nitrogens with one attached hydrogen (secondary N) is 2. The van der Waals surface area contributed by atoms with Crippen molar-refractivity contribution in [2.24, 2.45) is 0 Å². The van der Waals surface area contributed by atoms with Gasteiger partial charge in [0.25, 0.3) is 0 Å². The maximum Gasteiger partial charge on any atom is 0.315 e. The van der Waals surface area contributed by atoms with Gasteiger partial charge in [0.05, 0.1) is 11.8 Å². The van der Waals surface area contributed by atoms with Gasteiger partial charge in [0.15, 0.2) is 0 Å². The van der Waals surface area contributed by atoms with Crippen molar-refractivity contribution in [3.63, 3.8) is 0 Å². The van der Waals surface area contributed by atoms with Crippen molar-refractivity contribution < 1.29 is 18.7 Å². The molecule has 0 aliphatic rings. The number of benzene rings is 2. The summed E-state index contributed by atoms with van der Waals surface area (Å²) in [5.41, 5.74) is 1.59. The van der Waals surface area contributed by atoms with Crippen LogP contribution in [0.25, 0.3) is 0 Å². The molecule has 2 amide bonds. The van der Waals surface area contributed by atoms with Gasteiger partial charge in [-0.1, -0.05) is 18.2 Å². The molecule has 2 rings (SSSR count). The van der Waals surface area contributed by atoms with E-state index in [9.17, 15) is 18.7 Å². The minimum atomic E-state index is -0.942. The standard InChI is InChI=1S/C18H21F2N3O2/c1-23(2)16-8-3-12(9-15(16)20)10-21-18(25)22-11-17(24)13-4-6-14(19)7-5-13/h3-9,17,24H,10-11H2,1-2H3,(H2,21,22,25). The molecule has 7 heteroatoms. The number of aliphatic hydroxyl groups excluding tert-OH is 1. The normalized spacial score (nSPS) is 11.7. The fraction of sp³-hybridized carbons (Fsp3) is 0.278. The van der Waals surface area contributed by atoms with Gasteiger partial charge in [-0.2, -0.15) is 0 Å². The van der Waals surface area contributed by atoms with Gasteiger partial charge in [-0.05, 0) is 35.4 Å². The molecule has 0 radical (unpaired) electrons. The Bertz CT molecular complexity index is 721. The maximum atomic E-state index is 13.9. The Morgan fingerprint density at radius 2 is 1.80 bits per heavy atom. The highest BCUT2D eigenvalue weighted by Gasteiger charge is 2.10. The molecule has 0 saturated carbocycles. The van der Waals surface area contributed by atoms with Crippen LogP contribution in [0, 0.1) is 11.6 Å². The van der Waals surface area contributed by atoms with Crippen LogP contribution in [0.4, 0.5) is 19.3 Å². The van der Waals surface area contributed by atoms with Crippen LogP contribution in [0.15, 0.2) is 42.5 Å². The fourth-order valence-electron chi connectivity index (χ4n) is 2.26. The third-order valence-corrected chi connectivity index (χ3v) is 3.66. The van der Waals surface area contributed by atoms with E-state index >= 15 is 0 Å². The second-order valence-electron chi connectivity index (χ2n) is 5.81. The number of hydrogen-bond donors (Lipinski definition) is 3. The van der Waals surface area contributed by atoms with Gasteiger partial charge < -0.3 is 20.6 Å². The van der Waals surface area contributed by atoms with Gasteiger partial charge in [0, 0.05) is 27.2 Å². The molecule has 2 aromatic carbocycles. The Morgan fingerprint density at radius 3 is 2.40 bits per heavy atom. The van der Waals surface area contributed by atoms with Crippen LogP contribution in [-0.4, -0.2) is 31.8 Å². The topological polar surface area (TPSA) is 64.6 Å². The van der Waals surface area contributed by atoms with Gasteiger partial charge in [0.1, 0.15) is 11.6 Å². The number of amides is 2. The van der Waals surface area contributed by atoms with Crippen molar-refractivity contribution in [3.8, 4) is 0 Å². The fourth-order valence-corrected chi connectivity index (χ4v) is 2.26. The predicted molar refractivity (Wildman–Crippen MR) is 92.3 cm³/mol. The SMILES string of the molecule is CN(C)c1ccc(CNC(=O)NCC(O)c2ccc(F)cc2)cc1F. The average molecular weight is 349 g/mol. The molecule has 0 aliphatic heterocycles. The highest BCUT2D eigenvalue weighted by molar-refractivity contribution is 5.73. The number of halogens is 2. The van der Waals surface area contributed by atoms with Gasteiger partial charge in [-0.15, -0.1) is 0 Å². The van der Waals surface area contributed by atoms with Crippen LogP contribution in [0.3, 0.4) is 0 Å². The van der Waals surface area contributed by atoms with Gasteiger partial charge in [-0.25, -0.2) is 13.6 Å². The molecule has 1 atom stereocenters. The first-order chi connectivity index (χ1) is 11.9. The van der Waals surface area contributed by atoms with Crippen LogP contribution >= 0.6 is 0 Å². The van der Waals surface area contributed by atoms with Crippen molar-refractivity contribution in [2.75, 3.05) is 25.5 Å². The van der Waals surface area contributed by atoms with E-state index in [4.69, 9.17) is 0 Å². The number of carbonyl (C=O) groups is 1. The van der Waals surface area contributed by atoms with Crippen LogP contribution in [0.5, 0.6) is 0 Å². The zero-order chi connectivity index (χ0) is 18.4. The van der Waals surface area contributed by atoms with E-state index in [1.807, 2.05) is 0 Å². The molecule has 134 valence electrons. The summed E-state index contributed by atoms with van der Waals surface area (Å²) >= 11 is 0. The van der Waals surface area contributed by atoms with E-state index in [0.717, 1.165) is 0 Å². The summed E-state index contributed by atoms with van der Waals surface area (Å²) in [6, 6.07) is 9.63. The number of rotatable bonds is 6. The van der Waals surface area contributed by atoms with E-state index in [1.54, 1.807) is 31.1 Å². The summed E-state index contributed by atoms with van der Waals surface area (Å²) in [5.74, 6) is -0.759. The predicted octanol–water partition coefficient (Wildman–Crippen LogP) is 2.56. The summed E-state index contributed by atoms with van der Waals surface area (Å²) in [6.45, 7) is 0.133. The van der Waals surface area contributed by atoms with E-state index in [-0.39, 0.29) is 18.9 Å². The zero-order valence-corrected chi connectivity index (χ0v) is 14.1. The smallest absolute Gasteiger partial charge is 0.315 e. The molecule has 0 heterocycles. The van der Waals surface area contributed by atoms with Crippen LogP contribution in [0.1, 0.15) is 17.2 Å².